The van der Waals surface area contributed by atoms with Crippen LogP contribution in [0.5, 0.6) is 0 Å². The van der Waals surface area contributed by atoms with Crippen molar-refractivity contribution in [3.63, 3.8) is 0 Å². The molecule has 2 atom stereocenters. The van der Waals surface area contributed by atoms with Crippen LogP contribution < -0.4 is 5.73 Å². The van der Waals surface area contributed by atoms with Crippen LogP contribution in [-0.2, 0) is 0 Å². The molecule has 110 valence electrons. The van der Waals surface area contributed by atoms with E-state index in [0.29, 0.717) is 11.6 Å². The van der Waals surface area contributed by atoms with Gasteiger partial charge < -0.3 is 5.73 Å². The number of nitrogen functional groups attached to an aromatic ring is 1. The third kappa shape index (κ3) is 2.11. The third-order valence-corrected chi connectivity index (χ3v) is 4.55. The van der Waals surface area contributed by atoms with Gasteiger partial charge in [-0.15, -0.1) is 0 Å². The highest BCUT2D eigenvalue weighted by molar-refractivity contribution is 5.89. The summed E-state index contributed by atoms with van der Waals surface area (Å²) < 4.78 is 0. The van der Waals surface area contributed by atoms with Gasteiger partial charge in [0.1, 0.15) is 5.52 Å². The number of nitrogens with two attached hydrogens (primary N) is 1. The van der Waals surface area contributed by atoms with E-state index in [2.05, 4.69) is 29.9 Å². The Labute approximate surface area is 129 Å². The van der Waals surface area contributed by atoms with E-state index >= 15 is 0 Å². The zero-order valence-corrected chi connectivity index (χ0v) is 12.7. The molecule has 4 heteroatoms. The minimum Gasteiger partial charge on any atom is -0.397 e. The van der Waals surface area contributed by atoms with Crippen LogP contribution in [0.15, 0.2) is 36.8 Å². The molecule has 0 saturated heterocycles. The van der Waals surface area contributed by atoms with Gasteiger partial charge in [0.05, 0.1) is 16.9 Å². The molecular weight excluding hydrogens is 272 g/mol. The van der Waals surface area contributed by atoms with E-state index in [-0.39, 0.29) is 0 Å². The van der Waals surface area contributed by atoms with Crippen molar-refractivity contribution in [2.24, 2.45) is 5.92 Å². The molecule has 1 aliphatic carbocycles. The quantitative estimate of drug-likeness (QED) is 0.781. The number of aromatic nitrogens is 3. The van der Waals surface area contributed by atoms with Gasteiger partial charge in [0.25, 0.3) is 0 Å². The van der Waals surface area contributed by atoms with Crippen LogP contribution in [0.4, 0.5) is 5.69 Å². The lowest BCUT2D eigenvalue weighted by atomic mass is 10.1. The maximum absolute atomic E-state index is 6.19. The molecule has 3 heterocycles. The Balaban J connectivity index is 1.89. The number of fused-ring (bicyclic) bond motifs is 1. The zero-order chi connectivity index (χ0) is 15.3. The minimum absolute atomic E-state index is 0.628. The third-order valence-electron chi connectivity index (χ3n) is 4.55. The highest BCUT2D eigenvalue weighted by atomic mass is 14.8. The van der Waals surface area contributed by atoms with Crippen LogP contribution in [0.1, 0.15) is 30.4 Å². The lowest BCUT2D eigenvalue weighted by molar-refractivity contribution is 0.911. The first kappa shape index (κ1) is 13.2. The largest absolute Gasteiger partial charge is 0.397 e. The fourth-order valence-corrected chi connectivity index (χ4v) is 3.01. The van der Waals surface area contributed by atoms with Crippen molar-refractivity contribution in [2.45, 2.75) is 26.2 Å². The van der Waals surface area contributed by atoms with Crippen LogP contribution >= 0.6 is 0 Å². The van der Waals surface area contributed by atoms with E-state index < -0.39 is 0 Å². The Morgan fingerprint density at radius 2 is 2.05 bits per heavy atom. The molecule has 0 bridgehead atoms. The van der Waals surface area contributed by atoms with Crippen molar-refractivity contribution >= 4 is 16.7 Å². The fraction of sp³-hybridized carbons (Fsp3) is 0.278. The average Bonchev–Trinajstić information content (AvgIpc) is 3.24. The van der Waals surface area contributed by atoms with Gasteiger partial charge in [-0.3, -0.25) is 9.97 Å². The standard InChI is InChI=1S/C18H18N4/c1-10-3-4-20-9-14(10)16-7-15(19)18-17(22-16)6-12(8-21-18)13-5-11(13)2/h3-4,6-9,11,13H,5H2,1-2H3,(H2,19,22). The first-order valence-corrected chi connectivity index (χ1v) is 7.60. The van der Waals surface area contributed by atoms with Gasteiger partial charge in [-0.1, -0.05) is 6.92 Å². The van der Waals surface area contributed by atoms with E-state index in [9.17, 15) is 0 Å². The number of aryl methyl sites for hydroxylation is 1. The van der Waals surface area contributed by atoms with Crippen molar-refractivity contribution in [1.82, 2.24) is 15.0 Å². The molecule has 0 amide bonds. The van der Waals surface area contributed by atoms with Gasteiger partial charge in [0.15, 0.2) is 0 Å². The highest BCUT2D eigenvalue weighted by Crippen LogP contribution is 2.47. The molecule has 1 aliphatic rings. The summed E-state index contributed by atoms with van der Waals surface area (Å²) in [6, 6.07) is 6.01. The van der Waals surface area contributed by atoms with E-state index in [1.54, 1.807) is 6.20 Å². The molecule has 0 radical (unpaired) electrons. The van der Waals surface area contributed by atoms with Crippen molar-refractivity contribution in [3.05, 3.63) is 47.9 Å². The molecule has 1 saturated carbocycles. The molecular formula is C18H18N4. The molecule has 0 spiro atoms. The van der Waals surface area contributed by atoms with Crippen LogP contribution in [0.2, 0.25) is 0 Å². The molecule has 1 fully saturated rings. The summed E-state index contributed by atoms with van der Waals surface area (Å²) in [7, 11) is 0. The van der Waals surface area contributed by atoms with Crippen LogP contribution in [0, 0.1) is 12.8 Å². The molecule has 2 N–H and O–H groups in total. The van der Waals surface area contributed by atoms with Crippen molar-refractivity contribution in [2.75, 3.05) is 5.73 Å². The Hall–Kier alpha value is -2.49. The summed E-state index contributed by atoms with van der Waals surface area (Å²) in [5, 5.41) is 0. The molecule has 3 aromatic rings. The number of rotatable bonds is 2. The van der Waals surface area contributed by atoms with Crippen molar-refractivity contribution < 1.29 is 0 Å². The number of anilines is 1. The summed E-state index contributed by atoms with van der Waals surface area (Å²) in [6.07, 6.45) is 6.81. The number of hydrogen-bond donors (Lipinski definition) is 1. The summed E-state index contributed by atoms with van der Waals surface area (Å²) >= 11 is 0. The maximum Gasteiger partial charge on any atom is 0.112 e. The SMILES string of the molecule is Cc1ccncc1-c1cc(N)c2ncc(C3CC3C)cc2n1. The molecule has 0 aromatic carbocycles. The average molecular weight is 290 g/mol. The second-order valence-corrected chi connectivity index (χ2v) is 6.24. The molecule has 2 unspecified atom stereocenters. The van der Waals surface area contributed by atoms with Gasteiger partial charge >= 0.3 is 0 Å². The highest BCUT2D eigenvalue weighted by Gasteiger charge is 2.34. The molecule has 3 aromatic heterocycles. The Morgan fingerprint density at radius 3 is 2.77 bits per heavy atom. The zero-order valence-electron chi connectivity index (χ0n) is 12.7. The molecule has 4 nitrogen and oxygen atoms in total. The lowest BCUT2D eigenvalue weighted by Crippen LogP contribution is -1.97. The van der Waals surface area contributed by atoms with Gasteiger partial charge in [0, 0.05) is 24.2 Å². The van der Waals surface area contributed by atoms with Crippen molar-refractivity contribution in [3.8, 4) is 11.3 Å². The van der Waals surface area contributed by atoms with Crippen molar-refractivity contribution in [1.29, 1.82) is 0 Å². The molecule has 4 rings (SSSR count). The van der Waals surface area contributed by atoms with E-state index in [1.165, 1.54) is 12.0 Å². The second-order valence-electron chi connectivity index (χ2n) is 6.24. The van der Waals surface area contributed by atoms with Gasteiger partial charge in [-0.25, -0.2) is 4.98 Å². The fourth-order valence-electron chi connectivity index (χ4n) is 3.01. The topological polar surface area (TPSA) is 64.7 Å². The smallest absolute Gasteiger partial charge is 0.112 e. The Bertz CT molecular complexity index is 872. The summed E-state index contributed by atoms with van der Waals surface area (Å²) in [6.45, 7) is 4.33. The summed E-state index contributed by atoms with van der Waals surface area (Å²) in [5.41, 5.74) is 12.8. The number of hydrogen-bond acceptors (Lipinski definition) is 4. The monoisotopic (exact) mass is 290 g/mol. The normalized spacial score (nSPS) is 20.3. The Morgan fingerprint density at radius 1 is 1.23 bits per heavy atom. The summed E-state index contributed by atoms with van der Waals surface area (Å²) in [4.78, 5) is 13.5. The van der Waals surface area contributed by atoms with Crippen LogP contribution in [0.3, 0.4) is 0 Å². The number of pyridine rings is 3. The van der Waals surface area contributed by atoms with Crippen LogP contribution in [0.25, 0.3) is 22.3 Å². The molecule has 22 heavy (non-hydrogen) atoms. The van der Waals surface area contributed by atoms with E-state index in [1.807, 2.05) is 24.5 Å². The predicted octanol–water partition coefficient (Wildman–Crippen LogP) is 3.71. The first-order chi connectivity index (χ1) is 10.6. The Kier molecular flexibility index (Phi) is 2.86. The van der Waals surface area contributed by atoms with Gasteiger partial charge in [-0.2, -0.15) is 0 Å². The van der Waals surface area contributed by atoms with Crippen LogP contribution in [-0.4, -0.2) is 15.0 Å². The van der Waals surface area contributed by atoms with Gasteiger partial charge in [-0.05, 0) is 54.5 Å². The van der Waals surface area contributed by atoms with Gasteiger partial charge in [0.2, 0.25) is 0 Å². The minimum atomic E-state index is 0.628. The second kappa shape index (κ2) is 4.77. The maximum atomic E-state index is 6.19. The molecule has 0 aliphatic heterocycles. The summed E-state index contributed by atoms with van der Waals surface area (Å²) in [5.74, 6) is 1.38. The van der Waals surface area contributed by atoms with E-state index in [0.717, 1.165) is 33.8 Å². The predicted molar refractivity (Wildman–Crippen MR) is 88.4 cm³/mol. The number of nitrogens with zero attached hydrogens (tertiary/aromatic N) is 3. The lowest BCUT2D eigenvalue weighted by Gasteiger charge is -2.09. The first-order valence-electron chi connectivity index (χ1n) is 7.60. The van der Waals surface area contributed by atoms with E-state index in [4.69, 9.17) is 10.7 Å².